The van der Waals surface area contributed by atoms with Gasteiger partial charge in [-0.2, -0.15) is 0 Å². The minimum absolute atomic E-state index is 0.821. The van der Waals surface area contributed by atoms with Gasteiger partial charge in [0.05, 0.1) is 11.0 Å². The summed E-state index contributed by atoms with van der Waals surface area (Å²) >= 11 is 0. The summed E-state index contributed by atoms with van der Waals surface area (Å²) in [6.07, 6.45) is 3.03. The molecule has 1 heterocycles. The molecule has 1 aromatic heterocycles. The molecule has 16 heavy (non-hydrogen) atoms. The van der Waals surface area contributed by atoms with Gasteiger partial charge < -0.3 is 4.57 Å². The zero-order chi connectivity index (χ0) is 10.8. The molecule has 2 aromatic carbocycles. The Morgan fingerprint density at radius 1 is 0.938 bits per heavy atom. The van der Waals surface area contributed by atoms with Gasteiger partial charge in [-0.15, -0.1) is 0 Å². The molecule has 0 spiro atoms. The lowest BCUT2D eigenvalue weighted by atomic mass is 10.2. The Kier molecular flexibility index (Phi) is 2.18. The molecule has 0 bridgehead atoms. The van der Waals surface area contributed by atoms with Crippen molar-refractivity contribution < 1.29 is 0 Å². The van der Waals surface area contributed by atoms with Gasteiger partial charge in [-0.25, -0.2) is 4.98 Å². The maximum Gasteiger partial charge on any atom is 0.177 e. The molecule has 0 aliphatic heterocycles. The molecule has 0 amide bonds. The SMILES string of the molecule is [c]1nc2ccccc2n1Cc1ccccc1. The number of rotatable bonds is 2. The molecule has 2 heteroatoms. The van der Waals surface area contributed by atoms with Crippen LogP contribution in [0.4, 0.5) is 0 Å². The molecule has 1 radical (unpaired) electrons. The van der Waals surface area contributed by atoms with Crippen LogP contribution >= 0.6 is 0 Å². The number of benzene rings is 2. The van der Waals surface area contributed by atoms with Gasteiger partial charge in [-0.05, 0) is 17.7 Å². The molecule has 77 valence electrons. The van der Waals surface area contributed by atoms with E-state index in [1.165, 1.54) is 5.56 Å². The summed E-state index contributed by atoms with van der Waals surface area (Å²) in [6, 6.07) is 18.5. The van der Waals surface area contributed by atoms with Crippen LogP contribution in [0, 0.1) is 6.33 Å². The number of imidazole rings is 1. The Hall–Kier alpha value is -2.09. The van der Waals surface area contributed by atoms with E-state index in [9.17, 15) is 0 Å². The molecular weight excluding hydrogens is 196 g/mol. The molecule has 0 saturated carbocycles. The lowest BCUT2D eigenvalue weighted by Crippen LogP contribution is -1.97. The second kappa shape index (κ2) is 3.81. The van der Waals surface area contributed by atoms with Gasteiger partial charge in [0.25, 0.3) is 0 Å². The molecule has 3 aromatic rings. The highest BCUT2D eigenvalue weighted by atomic mass is 15.0. The average molecular weight is 207 g/mol. The largest absolute Gasteiger partial charge is 0.317 e. The Bertz CT molecular complexity index is 596. The smallest absolute Gasteiger partial charge is 0.177 e. The molecule has 0 aliphatic carbocycles. The number of hydrogen-bond acceptors (Lipinski definition) is 1. The molecular formula is C14H11N2. The van der Waals surface area contributed by atoms with Crippen LogP contribution in [0.2, 0.25) is 0 Å². The first-order valence-electron chi connectivity index (χ1n) is 5.30. The highest BCUT2D eigenvalue weighted by Gasteiger charge is 2.01. The standard InChI is InChI=1S/C14H11N2/c1-2-6-12(7-3-1)10-16-11-15-13-8-4-5-9-14(13)16/h1-9H,10H2. The predicted octanol–water partition coefficient (Wildman–Crippen LogP) is 2.88. The fourth-order valence-electron chi connectivity index (χ4n) is 1.84. The minimum atomic E-state index is 0.821. The molecule has 0 saturated heterocycles. The van der Waals surface area contributed by atoms with Gasteiger partial charge in [0.1, 0.15) is 0 Å². The third kappa shape index (κ3) is 1.58. The maximum atomic E-state index is 4.25. The maximum absolute atomic E-state index is 4.25. The highest BCUT2D eigenvalue weighted by Crippen LogP contribution is 2.13. The Morgan fingerprint density at radius 3 is 2.56 bits per heavy atom. The monoisotopic (exact) mass is 207 g/mol. The van der Waals surface area contributed by atoms with E-state index in [4.69, 9.17) is 0 Å². The van der Waals surface area contributed by atoms with E-state index in [1.54, 1.807) is 0 Å². The van der Waals surface area contributed by atoms with E-state index in [-0.39, 0.29) is 0 Å². The number of fused-ring (bicyclic) bond motifs is 1. The summed E-state index contributed by atoms with van der Waals surface area (Å²) in [5.41, 5.74) is 3.40. The van der Waals surface area contributed by atoms with Crippen LogP contribution in [-0.4, -0.2) is 9.55 Å². The van der Waals surface area contributed by atoms with Crippen LogP contribution in [0.3, 0.4) is 0 Å². The number of hydrogen-bond donors (Lipinski definition) is 0. The van der Waals surface area contributed by atoms with E-state index in [0.717, 1.165) is 17.6 Å². The van der Waals surface area contributed by atoms with Crippen LogP contribution in [0.1, 0.15) is 5.56 Å². The first-order valence-corrected chi connectivity index (χ1v) is 5.30. The van der Waals surface area contributed by atoms with Crippen LogP contribution < -0.4 is 0 Å². The van der Waals surface area contributed by atoms with Gasteiger partial charge >= 0.3 is 0 Å². The van der Waals surface area contributed by atoms with Crippen molar-refractivity contribution in [2.24, 2.45) is 0 Å². The van der Waals surface area contributed by atoms with Crippen molar-refractivity contribution in [3.05, 3.63) is 66.5 Å². The molecule has 0 fully saturated rings. The fraction of sp³-hybridized carbons (Fsp3) is 0.0714. The number of nitrogens with zero attached hydrogens (tertiary/aromatic N) is 2. The van der Waals surface area contributed by atoms with Crippen molar-refractivity contribution in [1.82, 2.24) is 9.55 Å². The van der Waals surface area contributed by atoms with Crippen LogP contribution in [0.15, 0.2) is 54.6 Å². The molecule has 0 atom stereocenters. The van der Waals surface area contributed by atoms with Crippen molar-refractivity contribution >= 4 is 11.0 Å². The van der Waals surface area contributed by atoms with E-state index in [2.05, 4.69) is 41.6 Å². The lowest BCUT2D eigenvalue weighted by molar-refractivity contribution is 0.816. The summed E-state index contributed by atoms with van der Waals surface area (Å²) in [4.78, 5) is 4.25. The third-order valence-corrected chi connectivity index (χ3v) is 2.65. The van der Waals surface area contributed by atoms with Crippen LogP contribution in [0.25, 0.3) is 11.0 Å². The average Bonchev–Trinajstić information content (AvgIpc) is 2.74. The Morgan fingerprint density at radius 2 is 1.69 bits per heavy atom. The van der Waals surface area contributed by atoms with E-state index in [0.29, 0.717) is 0 Å². The Labute approximate surface area is 94.2 Å². The Balaban J connectivity index is 2.01. The van der Waals surface area contributed by atoms with E-state index < -0.39 is 0 Å². The summed E-state index contributed by atoms with van der Waals surface area (Å²) in [5.74, 6) is 0. The topological polar surface area (TPSA) is 17.8 Å². The molecule has 0 N–H and O–H groups in total. The number of aromatic nitrogens is 2. The van der Waals surface area contributed by atoms with Crippen molar-refractivity contribution in [3.63, 3.8) is 0 Å². The minimum Gasteiger partial charge on any atom is -0.317 e. The van der Waals surface area contributed by atoms with Gasteiger partial charge in [0.15, 0.2) is 6.33 Å². The normalized spacial score (nSPS) is 10.8. The van der Waals surface area contributed by atoms with Crippen LogP contribution in [-0.2, 0) is 6.54 Å². The second-order valence-corrected chi connectivity index (χ2v) is 3.77. The summed E-state index contributed by atoms with van der Waals surface area (Å²) < 4.78 is 2.05. The molecule has 0 unspecified atom stereocenters. The van der Waals surface area contributed by atoms with Crippen molar-refractivity contribution in [3.8, 4) is 0 Å². The van der Waals surface area contributed by atoms with Crippen molar-refractivity contribution in [1.29, 1.82) is 0 Å². The summed E-state index contributed by atoms with van der Waals surface area (Å²) in [5, 5.41) is 0. The quantitative estimate of drug-likeness (QED) is 0.631. The predicted molar refractivity (Wildman–Crippen MR) is 64.1 cm³/mol. The van der Waals surface area contributed by atoms with Crippen LogP contribution in [0.5, 0.6) is 0 Å². The number of para-hydroxylation sites is 2. The molecule has 2 nitrogen and oxygen atoms in total. The first-order chi connectivity index (χ1) is 7.93. The first kappa shape index (κ1) is 9.16. The fourth-order valence-corrected chi connectivity index (χ4v) is 1.84. The molecule has 3 rings (SSSR count). The lowest BCUT2D eigenvalue weighted by Gasteiger charge is -2.03. The van der Waals surface area contributed by atoms with Gasteiger partial charge in [0.2, 0.25) is 0 Å². The zero-order valence-corrected chi connectivity index (χ0v) is 8.80. The summed E-state index contributed by atoms with van der Waals surface area (Å²) in [7, 11) is 0. The van der Waals surface area contributed by atoms with Gasteiger partial charge in [-0.1, -0.05) is 42.5 Å². The summed E-state index contributed by atoms with van der Waals surface area (Å²) in [6.45, 7) is 0.821. The highest BCUT2D eigenvalue weighted by molar-refractivity contribution is 5.74. The van der Waals surface area contributed by atoms with Crippen molar-refractivity contribution in [2.45, 2.75) is 6.54 Å². The molecule has 0 aliphatic rings. The third-order valence-electron chi connectivity index (χ3n) is 2.65. The van der Waals surface area contributed by atoms with Gasteiger partial charge in [0, 0.05) is 6.54 Å². The van der Waals surface area contributed by atoms with E-state index in [1.807, 2.05) is 28.8 Å². The second-order valence-electron chi connectivity index (χ2n) is 3.77. The van der Waals surface area contributed by atoms with Crippen molar-refractivity contribution in [2.75, 3.05) is 0 Å². The van der Waals surface area contributed by atoms with Gasteiger partial charge in [-0.3, -0.25) is 0 Å². The zero-order valence-electron chi connectivity index (χ0n) is 8.80. The van der Waals surface area contributed by atoms with E-state index >= 15 is 0 Å².